The maximum absolute atomic E-state index is 11.6. The summed E-state index contributed by atoms with van der Waals surface area (Å²) in [7, 11) is 0. The SMILES string of the molecule is N#CCCNC(=O)COC(=O)/C=C/c1cnn(Cc2ccccc2)c1. The highest BCUT2D eigenvalue weighted by Gasteiger charge is 2.04. The number of carbonyl (C=O) groups is 2. The number of nitrogens with zero attached hydrogens (tertiary/aromatic N) is 3. The summed E-state index contributed by atoms with van der Waals surface area (Å²) in [5, 5.41) is 15.0. The second kappa shape index (κ2) is 9.67. The zero-order valence-electron chi connectivity index (χ0n) is 13.6. The second-order valence-corrected chi connectivity index (χ2v) is 5.16. The van der Waals surface area contributed by atoms with Gasteiger partial charge in [0.2, 0.25) is 0 Å². The fourth-order valence-corrected chi connectivity index (χ4v) is 1.98. The molecule has 1 N–H and O–H groups in total. The Labute approximate surface area is 145 Å². The maximum Gasteiger partial charge on any atom is 0.331 e. The monoisotopic (exact) mass is 338 g/mol. The van der Waals surface area contributed by atoms with Gasteiger partial charge >= 0.3 is 5.97 Å². The number of rotatable bonds is 8. The van der Waals surface area contributed by atoms with Gasteiger partial charge in [-0.05, 0) is 11.6 Å². The van der Waals surface area contributed by atoms with Gasteiger partial charge in [-0.15, -0.1) is 0 Å². The summed E-state index contributed by atoms with van der Waals surface area (Å²) in [6, 6.07) is 11.8. The molecule has 0 aliphatic rings. The molecule has 0 spiro atoms. The van der Waals surface area contributed by atoms with E-state index in [1.54, 1.807) is 17.0 Å². The molecule has 1 amide bonds. The molecule has 0 atom stereocenters. The number of nitriles is 1. The average molecular weight is 338 g/mol. The van der Waals surface area contributed by atoms with Crippen molar-refractivity contribution < 1.29 is 14.3 Å². The van der Waals surface area contributed by atoms with Crippen LogP contribution >= 0.6 is 0 Å². The van der Waals surface area contributed by atoms with E-state index in [0.29, 0.717) is 6.54 Å². The highest BCUT2D eigenvalue weighted by molar-refractivity contribution is 5.89. The number of ether oxygens (including phenoxy) is 1. The largest absolute Gasteiger partial charge is 0.452 e. The van der Waals surface area contributed by atoms with Gasteiger partial charge in [-0.25, -0.2) is 4.79 Å². The summed E-state index contributed by atoms with van der Waals surface area (Å²) < 4.78 is 6.58. The van der Waals surface area contributed by atoms with E-state index in [-0.39, 0.29) is 19.6 Å². The van der Waals surface area contributed by atoms with Gasteiger partial charge in [-0.2, -0.15) is 10.4 Å². The van der Waals surface area contributed by atoms with Crippen molar-refractivity contribution in [2.24, 2.45) is 0 Å². The van der Waals surface area contributed by atoms with Gasteiger partial charge in [0.15, 0.2) is 6.61 Å². The predicted molar refractivity (Wildman–Crippen MR) is 91.0 cm³/mol. The third-order valence-electron chi connectivity index (χ3n) is 3.16. The molecule has 7 heteroatoms. The smallest absolute Gasteiger partial charge is 0.331 e. The zero-order valence-corrected chi connectivity index (χ0v) is 13.6. The minimum absolute atomic E-state index is 0.215. The molecular formula is C18H18N4O3. The van der Waals surface area contributed by atoms with Crippen LogP contribution in [0.2, 0.25) is 0 Å². The number of carbonyl (C=O) groups excluding carboxylic acids is 2. The lowest BCUT2D eigenvalue weighted by molar-refractivity contribution is -0.143. The summed E-state index contributed by atoms with van der Waals surface area (Å²) >= 11 is 0. The standard InChI is InChI=1S/C18H18N4O3/c19-9-4-10-20-17(23)14-25-18(24)8-7-16-11-21-22(13-16)12-15-5-2-1-3-6-15/h1-3,5-8,11,13H,4,10,12,14H2,(H,20,23)/b8-7+. The van der Waals surface area contributed by atoms with Gasteiger partial charge < -0.3 is 10.1 Å². The third-order valence-corrected chi connectivity index (χ3v) is 3.16. The minimum Gasteiger partial charge on any atom is -0.452 e. The highest BCUT2D eigenvalue weighted by atomic mass is 16.5. The normalized spacial score (nSPS) is 10.4. The molecule has 25 heavy (non-hydrogen) atoms. The van der Waals surface area contributed by atoms with Crippen LogP contribution in [-0.4, -0.2) is 34.8 Å². The molecule has 0 aliphatic heterocycles. The van der Waals surface area contributed by atoms with Gasteiger partial charge in [-0.3, -0.25) is 9.48 Å². The van der Waals surface area contributed by atoms with Gasteiger partial charge in [-0.1, -0.05) is 30.3 Å². The van der Waals surface area contributed by atoms with Crippen molar-refractivity contribution in [2.75, 3.05) is 13.2 Å². The zero-order chi connectivity index (χ0) is 17.9. The van der Waals surface area contributed by atoms with Crippen LogP contribution < -0.4 is 5.32 Å². The van der Waals surface area contributed by atoms with Crippen LogP contribution in [0.25, 0.3) is 6.08 Å². The van der Waals surface area contributed by atoms with Gasteiger partial charge in [0.25, 0.3) is 5.91 Å². The molecule has 2 aromatic rings. The molecule has 0 unspecified atom stereocenters. The van der Waals surface area contributed by atoms with Crippen LogP contribution in [0.4, 0.5) is 0 Å². The van der Waals surface area contributed by atoms with Crippen LogP contribution in [0.15, 0.2) is 48.8 Å². The fourth-order valence-electron chi connectivity index (χ4n) is 1.98. The lowest BCUT2D eigenvalue weighted by Crippen LogP contribution is -2.29. The Morgan fingerprint density at radius 2 is 2.12 bits per heavy atom. The number of aromatic nitrogens is 2. The van der Waals surface area contributed by atoms with Crippen molar-refractivity contribution in [3.8, 4) is 6.07 Å². The van der Waals surface area contributed by atoms with Crippen molar-refractivity contribution >= 4 is 18.0 Å². The van der Waals surface area contributed by atoms with Gasteiger partial charge in [0, 0.05) is 24.4 Å². The summed E-state index contributed by atoms with van der Waals surface area (Å²) in [4.78, 5) is 22.9. The molecule has 0 aliphatic carbocycles. The van der Waals surface area contributed by atoms with E-state index < -0.39 is 11.9 Å². The topological polar surface area (TPSA) is 97.0 Å². The van der Waals surface area contributed by atoms with Gasteiger partial charge in [0.1, 0.15) is 0 Å². The van der Waals surface area contributed by atoms with Crippen molar-refractivity contribution in [1.82, 2.24) is 15.1 Å². The van der Waals surface area contributed by atoms with E-state index in [1.807, 2.05) is 42.6 Å². The first kappa shape index (κ1) is 17.9. The van der Waals surface area contributed by atoms with Crippen molar-refractivity contribution in [1.29, 1.82) is 5.26 Å². The van der Waals surface area contributed by atoms with Crippen LogP contribution in [0.1, 0.15) is 17.5 Å². The minimum atomic E-state index is -0.619. The van der Waals surface area contributed by atoms with Crippen LogP contribution in [0.5, 0.6) is 0 Å². The lowest BCUT2D eigenvalue weighted by atomic mass is 10.2. The van der Waals surface area contributed by atoms with E-state index in [4.69, 9.17) is 10.00 Å². The van der Waals surface area contributed by atoms with Crippen LogP contribution in [-0.2, 0) is 20.9 Å². The van der Waals surface area contributed by atoms with Crippen molar-refractivity contribution in [3.63, 3.8) is 0 Å². The van der Waals surface area contributed by atoms with Crippen LogP contribution in [0, 0.1) is 11.3 Å². The van der Waals surface area contributed by atoms with E-state index in [9.17, 15) is 9.59 Å². The Morgan fingerprint density at radius 1 is 1.32 bits per heavy atom. The first-order valence-electron chi connectivity index (χ1n) is 7.72. The third kappa shape index (κ3) is 6.71. The Kier molecular flexibility index (Phi) is 6.95. The van der Waals surface area contributed by atoms with E-state index >= 15 is 0 Å². The molecule has 128 valence electrons. The number of benzene rings is 1. The summed E-state index contributed by atoms with van der Waals surface area (Å²) in [6.07, 6.45) is 6.48. The summed E-state index contributed by atoms with van der Waals surface area (Å²) in [6.45, 7) is 0.507. The fraction of sp³-hybridized carbons (Fsp3) is 0.222. The average Bonchev–Trinajstić information content (AvgIpc) is 3.06. The summed E-state index contributed by atoms with van der Waals surface area (Å²) in [5.41, 5.74) is 1.88. The molecule has 1 heterocycles. The molecule has 2 rings (SSSR count). The highest BCUT2D eigenvalue weighted by Crippen LogP contribution is 2.05. The van der Waals surface area contributed by atoms with E-state index in [2.05, 4.69) is 10.4 Å². The number of hydrogen-bond acceptors (Lipinski definition) is 5. The lowest BCUT2D eigenvalue weighted by Gasteiger charge is -2.02. The molecule has 0 radical (unpaired) electrons. The predicted octanol–water partition coefficient (Wildman–Crippen LogP) is 1.52. The van der Waals surface area contributed by atoms with E-state index in [1.165, 1.54) is 6.08 Å². The second-order valence-electron chi connectivity index (χ2n) is 5.16. The Bertz CT molecular complexity index is 775. The number of hydrogen-bond donors (Lipinski definition) is 1. The molecular weight excluding hydrogens is 320 g/mol. The quantitative estimate of drug-likeness (QED) is 0.447. The first-order valence-corrected chi connectivity index (χ1v) is 7.72. The molecule has 0 bridgehead atoms. The number of nitrogens with one attached hydrogen (secondary N) is 1. The first-order chi connectivity index (χ1) is 12.2. The molecule has 0 saturated carbocycles. The Morgan fingerprint density at radius 3 is 2.88 bits per heavy atom. The van der Waals surface area contributed by atoms with Crippen LogP contribution in [0.3, 0.4) is 0 Å². The van der Waals surface area contributed by atoms with Gasteiger partial charge in [0.05, 0.1) is 25.2 Å². The Hall–Kier alpha value is -3.40. The summed E-state index contributed by atoms with van der Waals surface area (Å²) in [5.74, 6) is -1.06. The number of esters is 1. The van der Waals surface area contributed by atoms with Crippen molar-refractivity contribution in [2.45, 2.75) is 13.0 Å². The molecule has 1 aromatic heterocycles. The van der Waals surface area contributed by atoms with Crippen molar-refractivity contribution in [3.05, 3.63) is 59.9 Å². The molecule has 1 aromatic carbocycles. The molecule has 0 saturated heterocycles. The van der Waals surface area contributed by atoms with E-state index in [0.717, 1.165) is 11.1 Å². The maximum atomic E-state index is 11.6. The molecule has 7 nitrogen and oxygen atoms in total. The Balaban J connectivity index is 1.77. The number of amides is 1. The molecule has 0 fully saturated rings.